The molecule has 1 aromatic carbocycles. The van der Waals surface area contributed by atoms with Gasteiger partial charge < -0.3 is 13.3 Å². The molecule has 3 nitrogen and oxygen atoms in total. The van der Waals surface area contributed by atoms with Crippen LogP contribution < -0.4 is 5.19 Å². The fourth-order valence-electron chi connectivity index (χ4n) is 1.97. The fourth-order valence-corrected chi connectivity index (χ4v) is 4.68. The summed E-state index contributed by atoms with van der Waals surface area (Å²) in [5.41, 5.74) is 0. The largest absolute Gasteiger partial charge is 0.537 e. The van der Waals surface area contributed by atoms with E-state index in [1.807, 2.05) is 44.2 Å². The highest BCUT2D eigenvalue weighted by Crippen LogP contribution is 2.22. The normalized spacial score (nSPS) is 12.6. The van der Waals surface area contributed by atoms with Gasteiger partial charge in [-0.1, -0.05) is 44.2 Å². The lowest BCUT2D eigenvalue weighted by atomic mass is 10.3. The summed E-state index contributed by atoms with van der Waals surface area (Å²) in [6, 6.07) is 9.26. The van der Waals surface area contributed by atoms with Crippen LogP contribution in [0.15, 0.2) is 30.3 Å². The van der Waals surface area contributed by atoms with Gasteiger partial charge in [-0.15, -0.1) is 0 Å². The maximum absolute atomic E-state index is 12.3. The molecular weight excluding hydrogens is 325 g/mol. The molecule has 1 rings (SSSR count). The topological polar surface area (TPSA) is 27.7 Å². The molecule has 0 unspecified atom stereocenters. The molecule has 1 aromatic rings. The average molecular weight is 350 g/mol. The minimum Gasteiger partial charge on any atom is -0.370 e. The zero-order chi connectivity index (χ0) is 17.2. The van der Waals surface area contributed by atoms with E-state index in [4.69, 9.17) is 13.3 Å². The zero-order valence-electron chi connectivity index (χ0n) is 13.7. The summed E-state index contributed by atoms with van der Waals surface area (Å²) in [7, 11) is -3.18. The Morgan fingerprint density at radius 3 is 1.87 bits per heavy atom. The Balaban J connectivity index is 2.83. The van der Waals surface area contributed by atoms with Gasteiger partial charge in [-0.25, -0.2) is 0 Å². The van der Waals surface area contributed by atoms with Crippen LogP contribution in [-0.2, 0) is 13.3 Å². The summed E-state index contributed by atoms with van der Waals surface area (Å²) in [5, 5.41) is 0.786. The van der Waals surface area contributed by atoms with Crippen molar-refractivity contribution in [3.63, 3.8) is 0 Å². The highest BCUT2D eigenvalue weighted by Gasteiger charge is 2.44. The van der Waals surface area contributed by atoms with Crippen LogP contribution in [0.3, 0.4) is 0 Å². The van der Waals surface area contributed by atoms with E-state index in [0.29, 0.717) is 13.2 Å². The van der Waals surface area contributed by atoms with Gasteiger partial charge in [0.15, 0.2) is 0 Å². The van der Waals surface area contributed by atoms with E-state index in [1.165, 1.54) is 0 Å². The number of hydrogen-bond acceptors (Lipinski definition) is 3. The van der Waals surface area contributed by atoms with Crippen LogP contribution in [-0.4, -0.2) is 34.8 Å². The minimum atomic E-state index is -4.17. The molecule has 0 fully saturated rings. The molecule has 0 amide bonds. The highest BCUT2D eigenvalue weighted by atomic mass is 28.4. The first kappa shape index (κ1) is 20.2. The van der Waals surface area contributed by atoms with Crippen molar-refractivity contribution in [3.8, 4) is 0 Å². The molecule has 0 radical (unpaired) electrons. The molecule has 132 valence electrons. The van der Waals surface area contributed by atoms with Gasteiger partial charge in [0.1, 0.15) is 0 Å². The van der Waals surface area contributed by atoms with Crippen LogP contribution in [0.4, 0.5) is 13.2 Å². The van der Waals surface area contributed by atoms with Crippen LogP contribution in [0.5, 0.6) is 0 Å². The van der Waals surface area contributed by atoms with Crippen molar-refractivity contribution in [1.29, 1.82) is 0 Å². The van der Waals surface area contributed by atoms with Crippen LogP contribution in [0.1, 0.15) is 39.5 Å². The zero-order valence-corrected chi connectivity index (χ0v) is 14.7. The van der Waals surface area contributed by atoms with Gasteiger partial charge in [-0.3, -0.25) is 0 Å². The van der Waals surface area contributed by atoms with E-state index >= 15 is 0 Å². The predicted molar refractivity (Wildman–Crippen MR) is 85.6 cm³/mol. The van der Waals surface area contributed by atoms with Crippen molar-refractivity contribution in [3.05, 3.63) is 30.3 Å². The summed E-state index contributed by atoms with van der Waals surface area (Å²) >= 11 is 0. The SMILES string of the molecule is CCCO[Si](OCCC)(OCCCC(F)(F)F)c1ccccc1. The first-order valence-corrected chi connectivity index (χ1v) is 9.70. The maximum Gasteiger partial charge on any atom is 0.537 e. The molecule has 23 heavy (non-hydrogen) atoms. The van der Waals surface area contributed by atoms with Crippen molar-refractivity contribution < 1.29 is 26.4 Å². The molecule has 0 N–H and O–H groups in total. The third-order valence-electron chi connectivity index (χ3n) is 3.02. The lowest BCUT2D eigenvalue weighted by Crippen LogP contribution is -2.57. The van der Waals surface area contributed by atoms with Crippen LogP contribution in [0.2, 0.25) is 0 Å². The summed E-state index contributed by atoms with van der Waals surface area (Å²) in [6.07, 6.45) is -3.58. The van der Waals surface area contributed by atoms with Crippen molar-refractivity contribution in [1.82, 2.24) is 0 Å². The monoisotopic (exact) mass is 350 g/mol. The van der Waals surface area contributed by atoms with Gasteiger partial charge >= 0.3 is 15.0 Å². The molecule has 0 aliphatic carbocycles. The fraction of sp³-hybridized carbons (Fsp3) is 0.625. The molecule has 0 spiro atoms. The van der Waals surface area contributed by atoms with Crippen LogP contribution in [0, 0.1) is 0 Å². The molecule has 0 saturated carbocycles. The summed E-state index contributed by atoms with van der Waals surface area (Å²) in [5.74, 6) is 0. The third kappa shape index (κ3) is 7.47. The van der Waals surface area contributed by atoms with E-state index in [2.05, 4.69) is 0 Å². The van der Waals surface area contributed by atoms with Crippen molar-refractivity contribution >= 4 is 14.0 Å². The number of halogens is 3. The van der Waals surface area contributed by atoms with E-state index in [0.717, 1.165) is 18.0 Å². The molecule has 7 heteroatoms. The standard InChI is InChI=1S/C16H25F3O3Si/c1-3-12-20-23(21-13-4-2,15-9-6-5-7-10-15)22-14-8-11-16(17,18)19/h5-7,9-10H,3-4,8,11-14H2,1-2H3. The van der Waals surface area contributed by atoms with Crippen molar-refractivity contribution in [2.24, 2.45) is 0 Å². The Labute approximate surface area is 137 Å². The number of benzene rings is 1. The molecule has 0 bridgehead atoms. The smallest absolute Gasteiger partial charge is 0.370 e. The second kappa shape index (κ2) is 10.1. The molecule has 0 atom stereocenters. The number of alkyl halides is 3. The minimum absolute atomic E-state index is 0.0337. The lowest BCUT2D eigenvalue weighted by molar-refractivity contribution is -0.137. The molecule has 0 heterocycles. The first-order chi connectivity index (χ1) is 10.9. The van der Waals surface area contributed by atoms with Gasteiger partial charge in [-0.2, -0.15) is 13.2 Å². The summed E-state index contributed by atoms with van der Waals surface area (Å²) in [4.78, 5) is 0. The van der Waals surface area contributed by atoms with Crippen molar-refractivity contribution in [2.75, 3.05) is 19.8 Å². The molecular formula is C16H25F3O3Si. The van der Waals surface area contributed by atoms with Crippen LogP contribution >= 0.6 is 0 Å². The predicted octanol–water partition coefficient (Wildman–Crippen LogP) is 4.04. The van der Waals surface area contributed by atoms with Crippen molar-refractivity contribution in [2.45, 2.75) is 45.7 Å². The van der Waals surface area contributed by atoms with E-state index in [-0.39, 0.29) is 13.0 Å². The van der Waals surface area contributed by atoms with Gasteiger partial charge in [0.25, 0.3) is 0 Å². The van der Waals surface area contributed by atoms with E-state index in [9.17, 15) is 13.2 Å². The van der Waals surface area contributed by atoms with Crippen LogP contribution in [0.25, 0.3) is 0 Å². The summed E-state index contributed by atoms with van der Waals surface area (Å²) in [6.45, 7) is 4.80. The van der Waals surface area contributed by atoms with Gasteiger partial charge in [0.2, 0.25) is 0 Å². The Morgan fingerprint density at radius 2 is 1.39 bits per heavy atom. The lowest BCUT2D eigenvalue weighted by Gasteiger charge is -2.30. The summed E-state index contributed by atoms with van der Waals surface area (Å²) < 4.78 is 54.5. The second-order valence-electron chi connectivity index (χ2n) is 5.19. The quantitative estimate of drug-likeness (QED) is 0.445. The molecule has 0 aliphatic rings. The Hall–Kier alpha value is -0.893. The van der Waals surface area contributed by atoms with Gasteiger partial charge in [-0.05, 0) is 19.3 Å². The van der Waals surface area contributed by atoms with E-state index < -0.39 is 21.4 Å². The highest BCUT2D eigenvalue weighted by molar-refractivity contribution is 6.75. The number of hydrogen-bond donors (Lipinski definition) is 0. The Morgan fingerprint density at radius 1 is 0.870 bits per heavy atom. The average Bonchev–Trinajstić information content (AvgIpc) is 2.53. The molecule has 0 aliphatic heterocycles. The Kier molecular flexibility index (Phi) is 8.83. The Bertz CT molecular complexity index is 418. The van der Waals surface area contributed by atoms with Gasteiger partial charge in [0, 0.05) is 31.4 Å². The second-order valence-corrected chi connectivity index (χ2v) is 7.74. The molecule has 0 aromatic heterocycles. The first-order valence-electron chi connectivity index (χ1n) is 7.97. The maximum atomic E-state index is 12.3. The van der Waals surface area contributed by atoms with E-state index in [1.54, 1.807) is 0 Å². The van der Waals surface area contributed by atoms with Gasteiger partial charge in [0.05, 0.1) is 0 Å². The molecule has 0 saturated heterocycles. The third-order valence-corrected chi connectivity index (χ3v) is 5.81. The number of rotatable bonds is 11.